The van der Waals surface area contributed by atoms with Gasteiger partial charge in [0.2, 0.25) is 0 Å². The number of fused-ring (bicyclic) bond motifs is 1. The molecule has 0 amide bonds. The summed E-state index contributed by atoms with van der Waals surface area (Å²) in [5.41, 5.74) is 0.953. The van der Waals surface area contributed by atoms with Crippen LogP contribution >= 0.6 is 0 Å². The third kappa shape index (κ3) is 4.17. The van der Waals surface area contributed by atoms with Crippen LogP contribution in [0.4, 0.5) is 0 Å². The lowest BCUT2D eigenvalue weighted by atomic mass is 9.97. The molecule has 1 aromatic rings. The molecule has 0 unspecified atom stereocenters. The number of aryl methyl sites for hydroxylation is 1. The van der Waals surface area contributed by atoms with Crippen molar-refractivity contribution in [2.45, 2.75) is 42.3 Å². The molecule has 3 aliphatic heterocycles. The molecular formula is C17H22O9S. The van der Waals surface area contributed by atoms with Crippen molar-refractivity contribution in [3.05, 3.63) is 29.8 Å². The monoisotopic (exact) mass is 402 g/mol. The lowest BCUT2D eigenvalue weighted by Gasteiger charge is -2.45. The van der Waals surface area contributed by atoms with E-state index < -0.39 is 34.5 Å². The van der Waals surface area contributed by atoms with Gasteiger partial charge in [-0.05, 0) is 19.1 Å². The van der Waals surface area contributed by atoms with E-state index in [-0.39, 0.29) is 38.0 Å². The molecular weight excluding hydrogens is 380 g/mol. The lowest BCUT2D eigenvalue weighted by Crippen LogP contribution is -2.61. The maximum absolute atomic E-state index is 12.7. The number of rotatable bonds is 4. The summed E-state index contributed by atoms with van der Waals surface area (Å²) in [5, 5.41) is 0. The highest BCUT2D eigenvalue weighted by Gasteiger charge is 2.48. The topological polar surface area (TPSA) is 98.8 Å². The summed E-state index contributed by atoms with van der Waals surface area (Å²) in [6.07, 6.45) is -2.87. The highest BCUT2D eigenvalue weighted by molar-refractivity contribution is 7.86. The fourth-order valence-corrected chi connectivity index (χ4v) is 4.40. The van der Waals surface area contributed by atoms with E-state index in [1.54, 1.807) is 12.1 Å². The Bertz CT molecular complexity index is 733. The van der Waals surface area contributed by atoms with Crippen molar-refractivity contribution >= 4 is 10.1 Å². The molecule has 10 heteroatoms. The van der Waals surface area contributed by atoms with E-state index in [0.29, 0.717) is 6.61 Å². The van der Waals surface area contributed by atoms with Crippen molar-refractivity contribution in [3.8, 4) is 0 Å². The van der Waals surface area contributed by atoms with E-state index in [0.717, 1.165) is 5.56 Å². The van der Waals surface area contributed by atoms with Crippen LogP contribution in [-0.2, 0) is 42.7 Å². The Balaban J connectivity index is 1.53. The smallest absolute Gasteiger partial charge is 0.297 e. The van der Waals surface area contributed by atoms with E-state index >= 15 is 0 Å². The minimum Gasteiger partial charge on any atom is -0.353 e. The quantitative estimate of drug-likeness (QED) is 0.669. The second kappa shape index (κ2) is 8.10. The molecule has 150 valence electrons. The normalized spacial score (nSPS) is 34.8. The molecule has 3 fully saturated rings. The van der Waals surface area contributed by atoms with Crippen LogP contribution in [0.3, 0.4) is 0 Å². The second-order valence-corrected chi connectivity index (χ2v) is 8.17. The summed E-state index contributed by atoms with van der Waals surface area (Å²) >= 11 is 0. The maximum Gasteiger partial charge on any atom is 0.297 e. The fraction of sp³-hybridized carbons (Fsp3) is 0.647. The molecule has 0 aromatic heterocycles. The number of hydrogen-bond acceptors (Lipinski definition) is 9. The highest BCUT2D eigenvalue weighted by Crippen LogP contribution is 2.30. The molecule has 1 aromatic carbocycles. The van der Waals surface area contributed by atoms with Gasteiger partial charge in [0.25, 0.3) is 10.1 Å². The van der Waals surface area contributed by atoms with Gasteiger partial charge in [-0.2, -0.15) is 8.42 Å². The molecule has 5 atom stereocenters. The van der Waals surface area contributed by atoms with Crippen LogP contribution in [0.25, 0.3) is 0 Å². The molecule has 0 N–H and O–H groups in total. The SMILES string of the molecule is Cc1ccc(S(=O)(=O)O[C@H]2COCO[C@H]2[C@H]2OCO[C@@H]3COCO[C@H]23)cc1. The summed E-state index contributed by atoms with van der Waals surface area (Å²) in [4.78, 5) is 0.0745. The first kappa shape index (κ1) is 19.2. The third-order valence-corrected chi connectivity index (χ3v) is 6.08. The Morgan fingerprint density at radius 1 is 0.852 bits per heavy atom. The molecule has 3 saturated heterocycles. The zero-order valence-corrected chi connectivity index (χ0v) is 15.6. The maximum atomic E-state index is 12.7. The zero-order chi connectivity index (χ0) is 18.9. The van der Waals surface area contributed by atoms with Crippen LogP contribution < -0.4 is 0 Å². The predicted octanol–water partition coefficient (Wildman–Crippen LogP) is 0.556. The molecule has 4 rings (SSSR count). The first-order valence-corrected chi connectivity index (χ1v) is 10.1. The molecule has 0 spiro atoms. The Kier molecular flexibility index (Phi) is 5.76. The average Bonchev–Trinajstić information content (AvgIpc) is 2.68. The lowest BCUT2D eigenvalue weighted by molar-refractivity contribution is -0.332. The van der Waals surface area contributed by atoms with Crippen molar-refractivity contribution in [1.82, 2.24) is 0 Å². The van der Waals surface area contributed by atoms with Gasteiger partial charge in [-0.1, -0.05) is 17.7 Å². The van der Waals surface area contributed by atoms with E-state index in [4.69, 9.17) is 32.6 Å². The number of ether oxygens (including phenoxy) is 6. The van der Waals surface area contributed by atoms with Crippen molar-refractivity contribution < 1.29 is 41.0 Å². The van der Waals surface area contributed by atoms with Gasteiger partial charge in [0, 0.05) is 0 Å². The molecule has 0 aliphatic carbocycles. The van der Waals surface area contributed by atoms with Gasteiger partial charge >= 0.3 is 0 Å². The van der Waals surface area contributed by atoms with Crippen LogP contribution in [0.2, 0.25) is 0 Å². The molecule has 0 bridgehead atoms. The highest BCUT2D eigenvalue weighted by atomic mass is 32.2. The summed E-state index contributed by atoms with van der Waals surface area (Å²) in [5.74, 6) is 0. The van der Waals surface area contributed by atoms with Crippen molar-refractivity contribution in [3.63, 3.8) is 0 Å². The molecule has 9 nitrogen and oxygen atoms in total. The molecule has 3 heterocycles. The number of benzene rings is 1. The minimum atomic E-state index is -3.99. The van der Waals surface area contributed by atoms with Crippen LogP contribution in [0, 0.1) is 6.92 Å². The summed E-state index contributed by atoms with van der Waals surface area (Å²) in [6, 6.07) is 6.44. The van der Waals surface area contributed by atoms with Gasteiger partial charge in [-0.3, -0.25) is 4.18 Å². The van der Waals surface area contributed by atoms with Crippen molar-refractivity contribution in [1.29, 1.82) is 0 Å². The Morgan fingerprint density at radius 3 is 2.30 bits per heavy atom. The van der Waals surface area contributed by atoms with Gasteiger partial charge < -0.3 is 28.4 Å². The fourth-order valence-electron chi connectivity index (χ4n) is 3.33. The summed E-state index contributed by atoms with van der Waals surface area (Å²) in [6.45, 7) is 2.48. The van der Waals surface area contributed by atoms with E-state index in [1.807, 2.05) is 6.92 Å². The molecule has 0 radical (unpaired) electrons. The largest absolute Gasteiger partial charge is 0.353 e. The Hall–Kier alpha value is -1.11. The van der Waals surface area contributed by atoms with Crippen LogP contribution in [-0.4, -0.2) is 72.5 Å². The van der Waals surface area contributed by atoms with Crippen LogP contribution in [0.15, 0.2) is 29.2 Å². The van der Waals surface area contributed by atoms with Gasteiger partial charge in [-0.15, -0.1) is 0 Å². The molecule has 27 heavy (non-hydrogen) atoms. The van der Waals surface area contributed by atoms with Gasteiger partial charge in [0.15, 0.2) is 0 Å². The zero-order valence-electron chi connectivity index (χ0n) is 14.8. The first-order chi connectivity index (χ1) is 13.0. The number of hydrogen-bond donors (Lipinski definition) is 0. The van der Waals surface area contributed by atoms with E-state index in [2.05, 4.69) is 0 Å². The summed E-state index contributed by atoms with van der Waals surface area (Å²) in [7, 11) is -3.99. The molecule has 0 saturated carbocycles. The first-order valence-electron chi connectivity index (χ1n) is 8.66. The van der Waals surface area contributed by atoms with Gasteiger partial charge in [-0.25, -0.2) is 0 Å². The van der Waals surface area contributed by atoms with Gasteiger partial charge in [0.05, 0.1) is 18.1 Å². The molecule has 3 aliphatic rings. The van der Waals surface area contributed by atoms with Gasteiger partial charge in [0.1, 0.15) is 50.9 Å². The standard InChI is InChI=1S/C17H22O9S/c1-11-2-4-12(5-3-11)27(18,19)26-14-7-21-9-24-16(14)17-15-13(22-10-25-17)6-20-8-23-15/h2-5,13-17H,6-10H2,1H3/t13-,14+,15+,16-,17+/m1/s1. The van der Waals surface area contributed by atoms with E-state index in [9.17, 15) is 8.42 Å². The Morgan fingerprint density at radius 2 is 1.52 bits per heavy atom. The van der Waals surface area contributed by atoms with Crippen LogP contribution in [0.5, 0.6) is 0 Å². The van der Waals surface area contributed by atoms with Crippen molar-refractivity contribution in [2.75, 3.05) is 33.6 Å². The minimum absolute atomic E-state index is 0.0176. The third-order valence-electron chi connectivity index (χ3n) is 4.73. The van der Waals surface area contributed by atoms with E-state index in [1.165, 1.54) is 12.1 Å². The Labute approximate surface area is 157 Å². The summed E-state index contributed by atoms with van der Waals surface area (Å²) < 4.78 is 63.8. The van der Waals surface area contributed by atoms with Crippen molar-refractivity contribution in [2.24, 2.45) is 0 Å². The van der Waals surface area contributed by atoms with Crippen LogP contribution in [0.1, 0.15) is 5.56 Å². The predicted molar refractivity (Wildman–Crippen MR) is 89.2 cm³/mol. The second-order valence-electron chi connectivity index (χ2n) is 6.60. The average molecular weight is 402 g/mol.